The van der Waals surface area contributed by atoms with Crippen molar-refractivity contribution in [2.75, 3.05) is 5.73 Å². The summed E-state index contributed by atoms with van der Waals surface area (Å²) in [5.74, 6) is 1.42. The van der Waals surface area contributed by atoms with E-state index in [4.69, 9.17) is 5.73 Å². The van der Waals surface area contributed by atoms with Crippen molar-refractivity contribution in [3.63, 3.8) is 0 Å². The van der Waals surface area contributed by atoms with Crippen LogP contribution in [0.5, 0.6) is 0 Å². The minimum Gasteiger partial charge on any atom is -0.383 e. The van der Waals surface area contributed by atoms with Crippen LogP contribution in [0.3, 0.4) is 0 Å². The second kappa shape index (κ2) is 3.29. The number of aryl methyl sites for hydroxylation is 2. The molecule has 0 aromatic carbocycles. The minimum absolute atomic E-state index is 0.582. The maximum atomic E-state index is 5.84. The van der Waals surface area contributed by atoms with E-state index in [1.807, 2.05) is 24.0 Å². The zero-order valence-corrected chi connectivity index (χ0v) is 8.49. The summed E-state index contributed by atoms with van der Waals surface area (Å²) in [6.07, 6.45) is 5.83. The topological polar surface area (TPSA) is 56.7 Å². The van der Waals surface area contributed by atoms with Gasteiger partial charge in [0.25, 0.3) is 0 Å². The summed E-state index contributed by atoms with van der Waals surface area (Å²) >= 11 is 0. The predicted molar refractivity (Wildman–Crippen MR) is 56.9 cm³/mol. The quantitative estimate of drug-likeness (QED) is 0.780. The van der Waals surface area contributed by atoms with Crippen LogP contribution < -0.4 is 5.73 Å². The lowest BCUT2D eigenvalue weighted by molar-refractivity contribution is 0.846. The van der Waals surface area contributed by atoms with Gasteiger partial charge in [-0.2, -0.15) is 0 Å². The Morgan fingerprint density at radius 1 is 1.36 bits per heavy atom. The highest BCUT2D eigenvalue weighted by atomic mass is 15.0. The molecule has 2 N–H and O–H groups in total. The molecular formula is C10H14N4. The van der Waals surface area contributed by atoms with Crippen LogP contribution in [-0.2, 0) is 13.5 Å². The van der Waals surface area contributed by atoms with E-state index in [9.17, 15) is 0 Å². The van der Waals surface area contributed by atoms with Gasteiger partial charge in [0.05, 0.1) is 10.9 Å². The lowest BCUT2D eigenvalue weighted by Crippen LogP contribution is -1.99. The number of nitrogens with two attached hydrogens (primary N) is 1. The molecule has 0 amide bonds. The standard InChI is InChI=1S/C10H14N4/c1-3-4-9-12-8-6-14(2)5-7(8)10(11)13-9/h5-6H,3-4H2,1-2H3,(H2,11,12,13). The molecule has 0 aliphatic carbocycles. The number of fused-ring (bicyclic) bond motifs is 1. The number of hydrogen-bond donors (Lipinski definition) is 1. The van der Waals surface area contributed by atoms with Crippen LogP contribution >= 0.6 is 0 Å². The molecule has 2 aromatic heterocycles. The molecule has 0 aliphatic rings. The Morgan fingerprint density at radius 3 is 2.86 bits per heavy atom. The largest absolute Gasteiger partial charge is 0.383 e. The van der Waals surface area contributed by atoms with Gasteiger partial charge in [-0.1, -0.05) is 6.92 Å². The summed E-state index contributed by atoms with van der Waals surface area (Å²) < 4.78 is 1.95. The number of hydrogen-bond acceptors (Lipinski definition) is 3. The second-order valence-electron chi connectivity index (χ2n) is 3.50. The Kier molecular flexibility index (Phi) is 2.11. The third-order valence-corrected chi connectivity index (χ3v) is 2.18. The molecule has 0 saturated heterocycles. The van der Waals surface area contributed by atoms with Gasteiger partial charge in [-0.25, -0.2) is 9.97 Å². The van der Waals surface area contributed by atoms with Gasteiger partial charge >= 0.3 is 0 Å². The fourth-order valence-corrected chi connectivity index (χ4v) is 1.55. The van der Waals surface area contributed by atoms with E-state index in [2.05, 4.69) is 16.9 Å². The van der Waals surface area contributed by atoms with E-state index in [1.54, 1.807) is 0 Å². The summed E-state index contributed by atoms with van der Waals surface area (Å²) in [6.45, 7) is 2.11. The van der Waals surface area contributed by atoms with Crippen LogP contribution in [0.25, 0.3) is 10.9 Å². The molecule has 0 atom stereocenters. The van der Waals surface area contributed by atoms with Crippen molar-refractivity contribution in [1.82, 2.24) is 14.5 Å². The van der Waals surface area contributed by atoms with Gasteiger partial charge in [0.2, 0.25) is 0 Å². The fraction of sp³-hybridized carbons (Fsp3) is 0.400. The highest BCUT2D eigenvalue weighted by molar-refractivity contribution is 5.87. The van der Waals surface area contributed by atoms with Gasteiger partial charge < -0.3 is 10.3 Å². The summed E-state index contributed by atoms with van der Waals surface area (Å²) in [6, 6.07) is 0. The summed E-state index contributed by atoms with van der Waals surface area (Å²) in [5.41, 5.74) is 6.77. The van der Waals surface area contributed by atoms with E-state index >= 15 is 0 Å². The number of aromatic nitrogens is 3. The average Bonchev–Trinajstić information content (AvgIpc) is 2.47. The number of nitrogens with zero attached hydrogens (tertiary/aromatic N) is 3. The van der Waals surface area contributed by atoms with E-state index in [0.717, 1.165) is 29.6 Å². The Bertz CT molecular complexity index is 458. The summed E-state index contributed by atoms with van der Waals surface area (Å²) in [7, 11) is 1.96. The van der Waals surface area contributed by atoms with Gasteiger partial charge in [0, 0.05) is 25.9 Å². The molecule has 0 aliphatic heterocycles. The van der Waals surface area contributed by atoms with Gasteiger partial charge in [-0.3, -0.25) is 0 Å². The van der Waals surface area contributed by atoms with Crippen LogP contribution in [0.4, 0.5) is 5.82 Å². The van der Waals surface area contributed by atoms with Gasteiger partial charge in [0.1, 0.15) is 11.6 Å². The first-order valence-electron chi connectivity index (χ1n) is 4.78. The minimum atomic E-state index is 0.582. The Morgan fingerprint density at radius 2 is 2.14 bits per heavy atom. The fourth-order valence-electron chi connectivity index (χ4n) is 1.55. The molecule has 0 fully saturated rings. The lowest BCUT2D eigenvalue weighted by Gasteiger charge is -1.99. The van der Waals surface area contributed by atoms with Crippen LogP contribution in [0.2, 0.25) is 0 Å². The van der Waals surface area contributed by atoms with Crippen molar-refractivity contribution in [3.8, 4) is 0 Å². The predicted octanol–water partition coefficient (Wildman–Crippen LogP) is 1.50. The van der Waals surface area contributed by atoms with Crippen molar-refractivity contribution in [2.45, 2.75) is 19.8 Å². The van der Waals surface area contributed by atoms with Crippen LogP contribution in [0.1, 0.15) is 19.2 Å². The zero-order valence-electron chi connectivity index (χ0n) is 8.49. The summed E-state index contributed by atoms with van der Waals surface area (Å²) in [5, 5.41) is 0.937. The SMILES string of the molecule is CCCc1nc(N)c2cn(C)cc2n1. The number of rotatable bonds is 2. The van der Waals surface area contributed by atoms with Crippen molar-refractivity contribution in [3.05, 3.63) is 18.2 Å². The highest BCUT2D eigenvalue weighted by Crippen LogP contribution is 2.18. The molecule has 2 aromatic rings. The molecule has 0 bridgehead atoms. The Hall–Kier alpha value is -1.58. The lowest BCUT2D eigenvalue weighted by atomic mass is 10.3. The van der Waals surface area contributed by atoms with Crippen molar-refractivity contribution in [1.29, 1.82) is 0 Å². The average molecular weight is 190 g/mol. The first kappa shape index (κ1) is 8.99. The third-order valence-electron chi connectivity index (χ3n) is 2.18. The Labute approximate surface area is 82.8 Å². The van der Waals surface area contributed by atoms with Gasteiger partial charge in [0.15, 0.2) is 0 Å². The zero-order chi connectivity index (χ0) is 10.1. The number of anilines is 1. The van der Waals surface area contributed by atoms with E-state index < -0.39 is 0 Å². The molecule has 4 heteroatoms. The monoisotopic (exact) mass is 190 g/mol. The first-order chi connectivity index (χ1) is 6.70. The van der Waals surface area contributed by atoms with Crippen LogP contribution in [0, 0.1) is 0 Å². The molecule has 0 radical (unpaired) electrons. The van der Waals surface area contributed by atoms with E-state index in [0.29, 0.717) is 5.82 Å². The molecule has 74 valence electrons. The normalized spacial score (nSPS) is 11.0. The highest BCUT2D eigenvalue weighted by Gasteiger charge is 2.05. The second-order valence-corrected chi connectivity index (χ2v) is 3.50. The Balaban J connectivity index is 2.59. The molecule has 2 rings (SSSR count). The molecule has 0 unspecified atom stereocenters. The molecule has 14 heavy (non-hydrogen) atoms. The van der Waals surface area contributed by atoms with Crippen molar-refractivity contribution < 1.29 is 0 Å². The maximum Gasteiger partial charge on any atom is 0.136 e. The summed E-state index contributed by atoms with van der Waals surface area (Å²) in [4.78, 5) is 8.69. The third kappa shape index (κ3) is 1.43. The molecule has 0 spiro atoms. The molecular weight excluding hydrogens is 176 g/mol. The van der Waals surface area contributed by atoms with E-state index in [1.165, 1.54) is 0 Å². The molecule has 0 saturated carbocycles. The van der Waals surface area contributed by atoms with Gasteiger partial charge in [-0.15, -0.1) is 0 Å². The molecule has 2 heterocycles. The maximum absolute atomic E-state index is 5.84. The van der Waals surface area contributed by atoms with E-state index in [-0.39, 0.29) is 0 Å². The first-order valence-corrected chi connectivity index (χ1v) is 4.78. The van der Waals surface area contributed by atoms with Crippen molar-refractivity contribution in [2.24, 2.45) is 7.05 Å². The van der Waals surface area contributed by atoms with Crippen LogP contribution in [0.15, 0.2) is 12.4 Å². The molecule has 4 nitrogen and oxygen atoms in total. The smallest absolute Gasteiger partial charge is 0.136 e. The van der Waals surface area contributed by atoms with Crippen molar-refractivity contribution >= 4 is 16.7 Å². The number of nitrogen functional groups attached to an aromatic ring is 1. The van der Waals surface area contributed by atoms with Crippen LogP contribution in [-0.4, -0.2) is 14.5 Å². The van der Waals surface area contributed by atoms with Gasteiger partial charge in [-0.05, 0) is 6.42 Å².